The number of aryl methyl sites for hydroxylation is 1. The number of hydrogen-bond donors (Lipinski definition) is 2. The van der Waals surface area contributed by atoms with Gasteiger partial charge in [0.25, 0.3) is 0 Å². The van der Waals surface area contributed by atoms with Crippen LogP contribution in [0.15, 0.2) is 41.2 Å². The first-order valence-electron chi connectivity index (χ1n) is 11.0. The van der Waals surface area contributed by atoms with Gasteiger partial charge in [-0.25, -0.2) is 23.9 Å². The zero-order valence-corrected chi connectivity index (χ0v) is 20.4. The van der Waals surface area contributed by atoms with Gasteiger partial charge in [-0.2, -0.15) is 0 Å². The minimum absolute atomic E-state index is 0.00958. The summed E-state index contributed by atoms with van der Waals surface area (Å²) in [6.45, 7) is 7.57. The maximum Gasteiger partial charge on any atom is 0.407 e. The summed E-state index contributed by atoms with van der Waals surface area (Å²) >= 11 is 0. The second-order valence-electron chi connectivity index (χ2n) is 9.28. The van der Waals surface area contributed by atoms with Crippen LogP contribution in [0.25, 0.3) is 10.9 Å². The maximum absolute atomic E-state index is 15.4. The summed E-state index contributed by atoms with van der Waals surface area (Å²) in [5.41, 5.74) is 0.940. The van der Waals surface area contributed by atoms with Crippen molar-refractivity contribution in [2.24, 2.45) is 0 Å². The second kappa shape index (κ2) is 9.29. The van der Waals surface area contributed by atoms with E-state index in [1.165, 1.54) is 36.1 Å². The van der Waals surface area contributed by atoms with Crippen molar-refractivity contribution in [3.05, 3.63) is 59.6 Å². The summed E-state index contributed by atoms with van der Waals surface area (Å²) < 4.78 is 27.6. The van der Waals surface area contributed by atoms with E-state index < -0.39 is 17.9 Å². The molecule has 0 spiro atoms. The molecule has 4 aromatic rings. The average Bonchev–Trinajstić information content (AvgIpc) is 3.40. The van der Waals surface area contributed by atoms with Crippen LogP contribution in [0.2, 0.25) is 0 Å². The molecule has 12 heteroatoms. The zero-order chi connectivity index (χ0) is 26.2. The molecule has 2 amide bonds. The number of nitrogens with one attached hydrogen (secondary N) is 1. The van der Waals surface area contributed by atoms with Crippen LogP contribution in [0.4, 0.5) is 19.8 Å². The van der Waals surface area contributed by atoms with E-state index in [0.29, 0.717) is 22.7 Å². The third kappa shape index (κ3) is 4.97. The molecule has 3 heterocycles. The van der Waals surface area contributed by atoms with Crippen molar-refractivity contribution >= 4 is 28.8 Å². The Labute approximate surface area is 205 Å². The standard InChI is InChI=1S/C24H25FN6O5/c1-13-8-15-16(31(13)22(32)28-19-10-18(36-29-19)24(2,3)4)6-7-17(21(15)25)35-20-9-14(26-12-27-20)11-30(5)23(33)34/h6-10,12H,11H2,1-5H3,(H,33,34)(H,28,29,32). The smallest absolute Gasteiger partial charge is 0.407 e. The molecule has 0 unspecified atom stereocenters. The highest BCUT2D eigenvalue weighted by Crippen LogP contribution is 2.32. The highest BCUT2D eigenvalue weighted by atomic mass is 19.1. The molecular formula is C24H25FN6O5. The molecule has 0 bridgehead atoms. The zero-order valence-electron chi connectivity index (χ0n) is 20.4. The van der Waals surface area contributed by atoms with Gasteiger partial charge >= 0.3 is 12.1 Å². The predicted molar refractivity (Wildman–Crippen MR) is 128 cm³/mol. The van der Waals surface area contributed by atoms with E-state index in [2.05, 4.69) is 20.4 Å². The van der Waals surface area contributed by atoms with Crippen LogP contribution in [0.1, 0.15) is 37.9 Å². The summed E-state index contributed by atoms with van der Waals surface area (Å²) in [6.07, 6.45) is 0.0891. The van der Waals surface area contributed by atoms with Crippen LogP contribution in [-0.4, -0.2) is 48.9 Å². The van der Waals surface area contributed by atoms with Gasteiger partial charge in [0.2, 0.25) is 5.88 Å². The number of fused-ring (bicyclic) bond motifs is 1. The molecule has 0 saturated heterocycles. The van der Waals surface area contributed by atoms with Crippen molar-refractivity contribution in [2.45, 2.75) is 39.7 Å². The fraction of sp³-hybridized carbons (Fsp3) is 0.292. The van der Waals surface area contributed by atoms with E-state index in [9.17, 15) is 9.59 Å². The monoisotopic (exact) mass is 496 g/mol. The lowest BCUT2D eigenvalue weighted by atomic mass is 9.93. The Morgan fingerprint density at radius 1 is 1.22 bits per heavy atom. The van der Waals surface area contributed by atoms with Crippen LogP contribution < -0.4 is 10.1 Å². The number of hydrogen-bond acceptors (Lipinski definition) is 7. The largest absolute Gasteiger partial charge is 0.465 e. The van der Waals surface area contributed by atoms with E-state index >= 15 is 4.39 Å². The molecule has 11 nitrogen and oxygen atoms in total. The van der Waals surface area contributed by atoms with E-state index in [4.69, 9.17) is 14.4 Å². The number of amides is 2. The number of halogens is 1. The molecule has 0 saturated carbocycles. The molecule has 0 aliphatic rings. The van der Waals surface area contributed by atoms with Crippen LogP contribution in [0.5, 0.6) is 11.6 Å². The Balaban J connectivity index is 1.58. The van der Waals surface area contributed by atoms with Gasteiger partial charge in [-0.3, -0.25) is 9.88 Å². The van der Waals surface area contributed by atoms with E-state index in [1.807, 2.05) is 20.8 Å². The topological polar surface area (TPSA) is 136 Å². The van der Waals surface area contributed by atoms with Gasteiger partial charge in [-0.05, 0) is 25.1 Å². The molecule has 0 aliphatic heterocycles. The first kappa shape index (κ1) is 24.6. The summed E-state index contributed by atoms with van der Waals surface area (Å²) in [7, 11) is 1.40. The van der Waals surface area contributed by atoms with Crippen molar-refractivity contribution in [1.82, 2.24) is 24.6 Å². The van der Waals surface area contributed by atoms with Gasteiger partial charge in [-0.15, -0.1) is 0 Å². The summed E-state index contributed by atoms with van der Waals surface area (Å²) in [5.74, 6) is 0.123. The Morgan fingerprint density at radius 2 is 1.97 bits per heavy atom. The molecule has 3 aromatic heterocycles. The molecule has 1 aromatic carbocycles. The van der Waals surface area contributed by atoms with Crippen molar-refractivity contribution < 1.29 is 28.3 Å². The van der Waals surface area contributed by atoms with Gasteiger partial charge in [0.05, 0.1) is 17.8 Å². The normalized spacial score (nSPS) is 11.5. The fourth-order valence-electron chi connectivity index (χ4n) is 3.50. The van der Waals surface area contributed by atoms with Crippen molar-refractivity contribution in [3.63, 3.8) is 0 Å². The predicted octanol–water partition coefficient (Wildman–Crippen LogP) is 5.15. The average molecular weight is 496 g/mol. The fourth-order valence-corrected chi connectivity index (χ4v) is 3.50. The van der Waals surface area contributed by atoms with E-state index in [0.717, 1.165) is 4.90 Å². The number of nitrogens with zero attached hydrogens (tertiary/aromatic N) is 5. The molecule has 36 heavy (non-hydrogen) atoms. The lowest BCUT2D eigenvalue weighted by Crippen LogP contribution is -2.24. The highest BCUT2D eigenvalue weighted by molar-refractivity contribution is 5.99. The quantitative estimate of drug-likeness (QED) is 0.387. The van der Waals surface area contributed by atoms with E-state index in [-0.39, 0.29) is 34.8 Å². The first-order chi connectivity index (χ1) is 16.9. The van der Waals surface area contributed by atoms with Crippen LogP contribution in [0.3, 0.4) is 0 Å². The van der Waals surface area contributed by atoms with Crippen LogP contribution in [-0.2, 0) is 12.0 Å². The molecule has 0 atom stereocenters. The maximum atomic E-state index is 15.4. The van der Waals surface area contributed by atoms with Crippen molar-refractivity contribution in [2.75, 3.05) is 12.4 Å². The van der Waals surface area contributed by atoms with Crippen molar-refractivity contribution in [3.8, 4) is 11.6 Å². The second-order valence-corrected chi connectivity index (χ2v) is 9.28. The van der Waals surface area contributed by atoms with Gasteiger partial charge in [0.15, 0.2) is 17.4 Å². The number of carbonyl (C=O) groups excluding carboxylic acids is 1. The van der Waals surface area contributed by atoms with Crippen LogP contribution in [0, 0.1) is 12.7 Å². The molecule has 0 radical (unpaired) electrons. The van der Waals surface area contributed by atoms with Gasteiger partial charge < -0.3 is 19.3 Å². The number of carboxylic acid groups (broad SMARTS) is 1. The van der Waals surface area contributed by atoms with Gasteiger partial charge in [0.1, 0.15) is 12.1 Å². The summed E-state index contributed by atoms with van der Waals surface area (Å²) in [6, 6.07) is 7.04. The first-order valence-corrected chi connectivity index (χ1v) is 11.0. The molecule has 4 rings (SSSR count). The molecule has 188 valence electrons. The minimum atomic E-state index is -1.12. The Bertz CT molecular complexity index is 1460. The van der Waals surface area contributed by atoms with E-state index in [1.54, 1.807) is 19.1 Å². The number of carbonyl (C=O) groups is 2. The number of ether oxygens (including phenoxy) is 1. The van der Waals surface area contributed by atoms with Gasteiger partial charge in [0, 0.05) is 35.7 Å². The lowest BCUT2D eigenvalue weighted by Gasteiger charge is -2.13. The third-order valence-corrected chi connectivity index (χ3v) is 5.39. The number of aromatic nitrogens is 4. The Morgan fingerprint density at radius 3 is 2.64 bits per heavy atom. The Hall–Kier alpha value is -4.48. The highest BCUT2D eigenvalue weighted by Gasteiger charge is 2.22. The SMILES string of the molecule is Cc1cc2c(F)c(Oc3cc(CN(C)C(=O)O)ncn3)ccc2n1C(=O)Nc1cc(C(C)(C)C)on1. The lowest BCUT2D eigenvalue weighted by molar-refractivity contribution is 0.153. The molecule has 2 N–H and O–H groups in total. The van der Waals surface area contributed by atoms with Crippen LogP contribution >= 0.6 is 0 Å². The molecular weight excluding hydrogens is 471 g/mol. The number of benzene rings is 1. The minimum Gasteiger partial charge on any atom is -0.465 e. The summed E-state index contributed by atoms with van der Waals surface area (Å²) in [5, 5.41) is 15.8. The third-order valence-electron chi connectivity index (χ3n) is 5.39. The molecule has 0 aliphatic carbocycles. The Kier molecular flexibility index (Phi) is 6.35. The molecule has 0 fully saturated rings. The number of rotatable bonds is 5. The number of anilines is 1. The van der Waals surface area contributed by atoms with Gasteiger partial charge in [-0.1, -0.05) is 25.9 Å². The van der Waals surface area contributed by atoms with Crippen molar-refractivity contribution in [1.29, 1.82) is 0 Å². The summed E-state index contributed by atoms with van der Waals surface area (Å²) in [4.78, 5) is 33.0.